The molecule has 0 saturated carbocycles. The van der Waals surface area contributed by atoms with Gasteiger partial charge in [0.05, 0.1) is 36.9 Å². The van der Waals surface area contributed by atoms with Crippen LogP contribution >= 0.6 is 0 Å². The monoisotopic (exact) mass is 462 g/mol. The molecule has 2 aromatic heterocycles. The lowest BCUT2D eigenvalue weighted by atomic mass is 10.0. The Hall–Kier alpha value is -3.18. The SMILES string of the molecule is COc1cc(-c2nc(C)cc(CC(F)(F)C(F)(F)C(F)(F)F)n2)ccc1-n1cnc(C)c1. The summed E-state index contributed by atoms with van der Waals surface area (Å²) in [6.45, 7) is 3.17. The van der Waals surface area contributed by atoms with Crippen LogP contribution in [-0.2, 0) is 6.42 Å². The Kier molecular flexibility index (Phi) is 5.92. The summed E-state index contributed by atoms with van der Waals surface area (Å²) in [5.74, 6) is -11.4. The summed E-state index contributed by atoms with van der Waals surface area (Å²) >= 11 is 0. The summed E-state index contributed by atoms with van der Waals surface area (Å²) in [4.78, 5) is 12.0. The van der Waals surface area contributed by atoms with Crippen molar-refractivity contribution in [1.82, 2.24) is 19.5 Å². The Bertz CT molecular complexity index is 1130. The first kappa shape index (κ1) is 23.5. The molecule has 0 aliphatic rings. The smallest absolute Gasteiger partial charge is 0.459 e. The van der Waals surface area contributed by atoms with Crippen LogP contribution in [0.2, 0.25) is 0 Å². The minimum Gasteiger partial charge on any atom is -0.495 e. The van der Waals surface area contributed by atoms with Crippen LogP contribution in [0.4, 0.5) is 30.7 Å². The van der Waals surface area contributed by atoms with Gasteiger partial charge in [-0.1, -0.05) is 0 Å². The molecule has 0 N–H and O–H groups in total. The molecule has 0 bridgehead atoms. The van der Waals surface area contributed by atoms with Crippen LogP contribution in [0, 0.1) is 13.8 Å². The van der Waals surface area contributed by atoms with Crippen molar-refractivity contribution in [3.8, 4) is 22.8 Å². The molecule has 12 heteroatoms. The summed E-state index contributed by atoms with van der Waals surface area (Å²) in [5.41, 5.74) is 1.10. The van der Waals surface area contributed by atoms with Crippen molar-refractivity contribution in [1.29, 1.82) is 0 Å². The summed E-state index contributed by atoms with van der Waals surface area (Å²) < 4.78 is 98.6. The Balaban J connectivity index is 1.99. The summed E-state index contributed by atoms with van der Waals surface area (Å²) in [6, 6.07) is 5.58. The quantitative estimate of drug-likeness (QED) is 0.465. The highest BCUT2D eigenvalue weighted by Gasteiger charge is 2.72. The molecule has 32 heavy (non-hydrogen) atoms. The van der Waals surface area contributed by atoms with E-state index in [4.69, 9.17) is 4.74 Å². The van der Waals surface area contributed by atoms with Crippen molar-refractivity contribution < 1.29 is 35.5 Å². The molecule has 0 aliphatic heterocycles. The zero-order chi connectivity index (χ0) is 23.9. The summed E-state index contributed by atoms with van der Waals surface area (Å²) in [5, 5.41) is 0. The van der Waals surface area contributed by atoms with E-state index in [0.29, 0.717) is 17.0 Å². The molecule has 0 fully saturated rings. The number of imidazole rings is 1. The van der Waals surface area contributed by atoms with Crippen LogP contribution in [0.1, 0.15) is 17.1 Å². The van der Waals surface area contributed by atoms with Gasteiger partial charge >= 0.3 is 18.0 Å². The average molecular weight is 462 g/mol. The van der Waals surface area contributed by atoms with E-state index in [-0.39, 0.29) is 11.5 Å². The zero-order valence-corrected chi connectivity index (χ0v) is 17.0. The maximum absolute atomic E-state index is 13.9. The van der Waals surface area contributed by atoms with Crippen molar-refractivity contribution in [3.05, 3.63) is 53.9 Å². The third-order valence-electron chi connectivity index (χ3n) is 4.55. The lowest BCUT2D eigenvalue weighted by Crippen LogP contribution is -2.53. The number of ether oxygens (including phenoxy) is 1. The highest BCUT2D eigenvalue weighted by Crippen LogP contribution is 2.47. The molecule has 5 nitrogen and oxygen atoms in total. The molecule has 172 valence electrons. The van der Waals surface area contributed by atoms with E-state index in [9.17, 15) is 30.7 Å². The molecule has 0 aliphatic carbocycles. The van der Waals surface area contributed by atoms with Crippen molar-refractivity contribution in [2.45, 2.75) is 38.3 Å². The van der Waals surface area contributed by atoms with Gasteiger partial charge in [-0.3, -0.25) is 0 Å². The average Bonchev–Trinajstić information content (AvgIpc) is 3.11. The van der Waals surface area contributed by atoms with E-state index in [1.54, 1.807) is 30.1 Å². The minimum absolute atomic E-state index is 0.115. The van der Waals surface area contributed by atoms with E-state index < -0.39 is 30.1 Å². The highest BCUT2D eigenvalue weighted by molar-refractivity contribution is 5.63. The molecular weight excluding hydrogens is 445 g/mol. The predicted octanol–water partition coefficient (Wildman–Crippen LogP) is 5.33. The third kappa shape index (κ3) is 4.39. The highest BCUT2D eigenvalue weighted by atomic mass is 19.4. The van der Waals surface area contributed by atoms with Gasteiger partial charge in [0, 0.05) is 17.5 Å². The van der Waals surface area contributed by atoms with Gasteiger partial charge in [-0.15, -0.1) is 0 Å². The van der Waals surface area contributed by atoms with Crippen LogP contribution in [0.15, 0.2) is 36.8 Å². The van der Waals surface area contributed by atoms with Gasteiger partial charge in [-0.25, -0.2) is 15.0 Å². The van der Waals surface area contributed by atoms with Gasteiger partial charge < -0.3 is 9.30 Å². The van der Waals surface area contributed by atoms with Gasteiger partial charge in [0.15, 0.2) is 5.82 Å². The zero-order valence-electron chi connectivity index (χ0n) is 17.0. The van der Waals surface area contributed by atoms with Gasteiger partial charge in [0.1, 0.15) is 5.75 Å². The minimum atomic E-state index is -6.41. The van der Waals surface area contributed by atoms with Crippen molar-refractivity contribution in [2.75, 3.05) is 7.11 Å². The van der Waals surface area contributed by atoms with E-state index in [1.165, 1.54) is 26.2 Å². The lowest BCUT2D eigenvalue weighted by molar-refractivity contribution is -0.354. The van der Waals surface area contributed by atoms with Gasteiger partial charge in [-0.05, 0) is 38.1 Å². The molecule has 0 unspecified atom stereocenters. The number of rotatable bonds is 6. The summed E-state index contributed by atoms with van der Waals surface area (Å²) in [7, 11) is 1.40. The van der Waals surface area contributed by atoms with E-state index in [1.807, 2.05) is 0 Å². The number of nitrogens with zero attached hydrogens (tertiary/aromatic N) is 4. The number of aryl methyl sites for hydroxylation is 2. The number of alkyl halides is 7. The third-order valence-corrected chi connectivity index (χ3v) is 4.55. The van der Waals surface area contributed by atoms with Crippen LogP contribution < -0.4 is 4.74 Å². The molecule has 0 atom stereocenters. The first-order valence-electron chi connectivity index (χ1n) is 9.11. The van der Waals surface area contributed by atoms with Crippen molar-refractivity contribution in [2.24, 2.45) is 0 Å². The largest absolute Gasteiger partial charge is 0.495 e. The van der Waals surface area contributed by atoms with E-state index >= 15 is 0 Å². The Labute approximate surface area is 177 Å². The molecule has 2 heterocycles. The molecule has 0 spiro atoms. The van der Waals surface area contributed by atoms with Crippen molar-refractivity contribution in [3.63, 3.8) is 0 Å². The van der Waals surface area contributed by atoms with Gasteiger partial charge in [0.25, 0.3) is 0 Å². The van der Waals surface area contributed by atoms with Crippen LogP contribution in [0.5, 0.6) is 5.75 Å². The van der Waals surface area contributed by atoms with Crippen LogP contribution in [0.25, 0.3) is 17.1 Å². The fourth-order valence-electron chi connectivity index (χ4n) is 2.98. The molecule has 3 rings (SSSR count). The number of aromatic nitrogens is 4. The van der Waals surface area contributed by atoms with Gasteiger partial charge in [0.2, 0.25) is 0 Å². The Morgan fingerprint density at radius 1 is 0.938 bits per heavy atom. The van der Waals surface area contributed by atoms with Gasteiger partial charge in [-0.2, -0.15) is 30.7 Å². The normalized spacial score (nSPS) is 12.8. The molecule has 0 saturated heterocycles. The number of hydrogen-bond acceptors (Lipinski definition) is 4. The van der Waals surface area contributed by atoms with Crippen LogP contribution in [-0.4, -0.2) is 44.7 Å². The molecule has 0 radical (unpaired) electrons. The molecule has 1 aromatic carbocycles. The Morgan fingerprint density at radius 3 is 2.19 bits per heavy atom. The molecule has 3 aromatic rings. The first-order chi connectivity index (χ1) is 14.7. The first-order valence-corrected chi connectivity index (χ1v) is 9.11. The standard InChI is InChI=1S/C20H17F7N4O/c1-11-6-14(8-18(21,22)19(23,24)20(25,26)27)30-17(29-11)13-4-5-15(16(7-13)32-3)31-9-12(2)28-10-31/h4-7,9-10H,8H2,1-3H3. The van der Waals surface area contributed by atoms with Crippen molar-refractivity contribution >= 4 is 0 Å². The maximum atomic E-state index is 13.9. The fraction of sp³-hybridized carbons (Fsp3) is 0.350. The number of methoxy groups -OCH3 is 1. The molecular formula is C20H17F7N4O. The maximum Gasteiger partial charge on any atom is 0.459 e. The Morgan fingerprint density at radius 2 is 1.62 bits per heavy atom. The second kappa shape index (κ2) is 8.06. The van der Waals surface area contributed by atoms with Crippen LogP contribution in [0.3, 0.4) is 0 Å². The fourth-order valence-corrected chi connectivity index (χ4v) is 2.98. The summed E-state index contributed by atoms with van der Waals surface area (Å²) in [6.07, 6.45) is -5.03. The predicted molar refractivity (Wildman–Crippen MR) is 100 cm³/mol. The number of benzene rings is 1. The number of halogens is 7. The lowest BCUT2D eigenvalue weighted by Gasteiger charge is -2.28. The van der Waals surface area contributed by atoms with E-state index in [2.05, 4.69) is 15.0 Å². The second-order valence-corrected chi connectivity index (χ2v) is 7.09. The van der Waals surface area contributed by atoms with E-state index in [0.717, 1.165) is 11.8 Å². The molecule has 0 amide bonds. The second-order valence-electron chi connectivity index (χ2n) is 7.09. The number of hydrogen-bond donors (Lipinski definition) is 0. The topological polar surface area (TPSA) is 52.8 Å².